The number of carbonyl (C=O) groups excluding carboxylic acids is 1. The Hall–Kier alpha value is -2.99. The third kappa shape index (κ3) is 5.54. The highest BCUT2D eigenvalue weighted by molar-refractivity contribution is 7.98. The number of rotatable bonds is 12. The van der Waals surface area contributed by atoms with Gasteiger partial charge in [0.25, 0.3) is 0 Å². The maximum Gasteiger partial charge on any atom is 0.307 e. The molecule has 0 aliphatic rings. The summed E-state index contributed by atoms with van der Waals surface area (Å²) in [6.07, 6.45) is 5.29. The number of ether oxygens (including phenoxy) is 2. The summed E-state index contributed by atoms with van der Waals surface area (Å²) in [5.74, 6) is -0.553. The van der Waals surface area contributed by atoms with Crippen molar-refractivity contribution in [1.82, 2.24) is 0 Å². The van der Waals surface area contributed by atoms with Gasteiger partial charge in [0.05, 0.1) is 12.0 Å². The third-order valence-electron chi connectivity index (χ3n) is 4.43. The highest BCUT2D eigenvalue weighted by atomic mass is 32.2. The van der Waals surface area contributed by atoms with Gasteiger partial charge in [0.2, 0.25) is 0 Å². The topological polar surface area (TPSA) is 72.8 Å². The highest BCUT2D eigenvalue weighted by Gasteiger charge is 2.26. The molecule has 0 fully saturated rings. The van der Waals surface area contributed by atoms with E-state index in [0.29, 0.717) is 28.9 Å². The Bertz CT molecular complexity index is 949. The van der Waals surface area contributed by atoms with Gasteiger partial charge in [0, 0.05) is 16.5 Å². The molecule has 2 rings (SSSR count). The Labute approximate surface area is 181 Å². The van der Waals surface area contributed by atoms with E-state index >= 15 is 0 Å². The molecule has 0 aliphatic carbocycles. The second kappa shape index (κ2) is 11.3. The van der Waals surface area contributed by atoms with Gasteiger partial charge in [-0.1, -0.05) is 44.4 Å². The van der Waals surface area contributed by atoms with Crippen molar-refractivity contribution in [3.63, 3.8) is 0 Å². The van der Waals surface area contributed by atoms with Crippen molar-refractivity contribution in [2.24, 2.45) is 0 Å². The Morgan fingerprint density at radius 2 is 1.73 bits per heavy atom. The summed E-state index contributed by atoms with van der Waals surface area (Å²) >= 11 is 1.53. The first kappa shape index (κ1) is 23.3. The molecule has 5 nitrogen and oxygen atoms in total. The van der Waals surface area contributed by atoms with Gasteiger partial charge in [-0.3, -0.25) is 9.59 Å². The lowest BCUT2D eigenvalue weighted by Gasteiger charge is -2.20. The van der Waals surface area contributed by atoms with Gasteiger partial charge >= 0.3 is 5.97 Å². The molecule has 6 heteroatoms. The summed E-state index contributed by atoms with van der Waals surface area (Å²) in [4.78, 5) is 26.1. The van der Waals surface area contributed by atoms with Gasteiger partial charge in [-0.05, 0) is 35.9 Å². The molecule has 0 aliphatic heterocycles. The standard InChI is InChI=1S/C24H26O5S/c1-5-11-28-20-15-21(29-12-6-2)23(19(14-22(25)26)18(20)7-3)24(27)16-9-8-10-17(13-16)30-4/h5-6,8-10,13,15H,1-2,7,11-12,14H2,3-4H3,(H,25,26). The van der Waals surface area contributed by atoms with Crippen molar-refractivity contribution >= 4 is 23.5 Å². The molecular weight excluding hydrogens is 400 g/mol. The average Bonchev–Trinajstić information content (AvgIpc) is 2.75. The quantitative estimate of drug-likeness (QED) is 0.294. The maximum absolute atomic E-state index is 13.5. The maximum atomic E-state index is 13.5. The third-order valence-corrected chi connectivity index (χ3v) is 5.15. The van der Waals surface area contributed by atoms with Crippen LogP contribution in [0.25, 0.3) is 0 Å². The fourth-order valence-corrected chi connectivity index (χ4v) is 3.62. The van der Waals surface area contributed by atoms with Crippen LogP contribution in [0.5, 0.6) is 11.5 Å². The molecule has 158 valence electrons. The minimum Gasteiger partial charge on any atom is -0.489 e. The van der Waals surface area contributed by atoms with Crippen LogP contribution in [0.4, 0.5) is 0 Å². The Morgan fingerprint density at radius 3 is 2.30 bits per heavy atom. The number of hydrogen-bond donors (Lipinski definition) is 1. The first-order valence-electron chi connectivity index (χ1n) is 9.53. The minimum atomic E-state index is -1.04. The van der Waals surface area contributed by atoms with Crippen LogP contribution in [0, 0.1) is 0 Å². The van der Waals surface area contributed by atoms with E-state index in [-0.39, 0.29) is 36.7 Å². The lowest BCUT2D eigenvalue weighted by molar-refractivity contribution is -0.136. The highest BCUT2D eigenvalue weighted by Crippen LogP contribution is 2.37. The largest absolute Gasteiger partial charge is 0.489 e. The molecule has 2 aromatic rings. The zero-order chi connectivity index (χ0) is 22.1. The van der Waals surface area contributed by atoms with E-state index in [1.54, 1.807) is 30.4 Å². The molecule has 0 aromatic heterocycles. The molecule has 0 atom stereocenters. The fourth-order valence-electron chi connectivity index (χ4n) is 3.16. The summed E-state index contributed by atoms with van der Waals surface area (Å²) in [6, 6.07) is 8.89. The monoisotopic (exact) mass is 426 g/mol. The smallest absolute Gasteiger partial charge is 0.307 e. The zero-order valence-electron chi connectivity index (χ0n) is 17.3. The average molecular weight is 427 g/mol. The van der Waals surface area contributed by atoms with Crippen LogP contribution in [0.2, 0.25) is 0 Å². The second-order valence-corrected chi connectivity index (χ2v) is 7.27. The Morgan fingerprint density at radius 1 is 1.07 bits per heavy atom. The molecule has 0 amide bonds. The number of benzene rings is 2. The molecule has 0 heterocycles. The molecule has 0 radical (unpaired) electrons. The van der Waals surface area contributed by atoms with Crippen molar-refractivity contribution in [3.8, 4) is 11.5 Å². The van der Waals surface area contributed by atoms with Crippen molar-refractivity contribution in [2.45, 2.75) is 24.7 Å². The van der Waals surface area contributed by atoms with Crippen LogP contribution in [0.3, 0.4) is 0 Å². The summed E-state index contributed by atoms with van der Waals surface area (Å²) < 4.78 is 11.6. The van der Waals surface area contributed by atoms with Gasteiger partial charge in [-0.15, -0.1) is 11.8 Å². The first-order chi connectivity index (χ1) is 14.5. The second-order valence-electron chi connectivity index (χ2n) is 6.39. The molecule has 0 saturated carbocycles. The number of ketones is 1. The van der Waals surface area contributed by atoms with Crippen LogP contribution >= 0.6 is 11.8 Å². The van der Waals surface area contributed by atoms with E-state index in [2.05, 4.69) is 13.2 Å². The minimum absolute atomic E-state index is 0.171. The predicted octanol–water partition coefficient (Wildman–Crippen LogP) is 4.96. The number of thioether (sulfide) groups is 1. The molecule has 0 unspecified atom stereocenters. The Balaban J connectivity index is 2.77. The number of hydrogen-bond acceptors (Lipinski definition) is 5. The van der Waals surface area contributed by atoms with Gasteiger partial charge < -0.3 is 14.6 Å². The molecule has 0 saturated heterocycles. The van der Waals surface area contributed by atoms with E-state index in [1.165, 1.54) is 11.8 Å². The van der Waals surface area contributed by atoms with Crippen LogP contribution in [0.1, 0.15) is 34.0 Å². The van der Waals surface area contributed by atoms with E-state index in [4.69, 9.17) is 9.47 Å². The van der Waals surface area contributed by atoms with E-state index in [1.807, 2.05) is 25.3 Å². The normalized spacial score (nSPS) is 10.3. The molecule has 0 spiro atoms. The fraction of sp³-hybridized carbons (Fsp3) is 0.250. The van der Waals surface area contributed by atoms with Gasteiger partial charge in [0.1, 0.15) is 24.7 Å². The molecule has 0 bridgehead atoms. The molecule has 1 N–H and O–H groups in total. The van der Waals surface area contributed by atoms with Gasteiger partial charge in [0.15, 0.2) is 5.78 Å². The number of carboxylic acid groups (broad SMARTS) is 1. The zero-order valence-corrected chi connectivity index (χ0v) is 18.1. The van der Waals surface area contributed by atoms with Gasteiger partial charge in [-0.25, -0.2) is 0 Å². The lowest BCUT2D eigenvalue weighted by Crippen LogP contribution is -2.16. The van der Waals surface area contributed by atoms with Crippen LogP contribution in [-0.4, -0.2) is 36.3 Å². The van der Waals surface area contributed by atoms with Crippen molar-refractivity contribution in [1.29, 1.82) is 0 Å². The molecular formula is C24H26O5S. The van der Waals surface area contributed by atoms with Crippen LogP contribution in [0.15, 0.2) is 60.5 Å². The predicted molar refractivity (Wildman–Crippen MR) is 120 cm³/mol. The summed E-state index contributed by atoms with van der Waals surface area (Å²) in [5.41, 5.74) is 1.80. The van der Waals surface area contributed by atoms with E-state index in [0.717, 1.165) is 4.90 Å². The van der Waals surface area contributed by atoms with Crippen molar-refractivity contribution < 1.29 is 24.2 Å². The Kier molecular flexibility index (Phi) is 8.74. The van der Waals surface area contributed by atoms with Crippen LogP contribution in [-0.2, 0) is 17.6 Å². The summed E-state index contributed by atoms with van der Waals surface area (Å²) in [5, 5.41) is 9.55. The number of aliphatic carboxylic acids is 1. The van der Waals surface area contributed by atoms with E-state index < -0.39 is 5.97 Å². The summed E-state index contributed by atoms with van der Waals surface area (Å²) in [7, 11) is 0. The van der Waals surface area contributed by atoms with Crippen LogP contribution < -0.4 is 9.47 Å². The van der Waals surface area contributed by atoms with E-state index in [9.17, 15) is 14.7 Å². The lowest BCUT2D eigenvalue weighted by atomic mass is 9.90. The molecule has 30 heavy (non-hydrogen) atoms. The number of carboxylic acids is 1. The summed E-state index contributed by atoms with van der Waals surface area (Å²) in [6.45, 7) is 9.63. The number of carbonyl (C=O) groups is 2. The first-order valence-corrected chi connectivity index (χ1v) is 10.8. The van der Waals surface area contributed by atoms with Gasteiger partial charge in [-0.2, -0.15) is 0 Å². The SMILES string of the molecule is C=CCOc1cc(OCC=C)c(C(=O)c2cccc(SC)c2)c(CC(=O)O)c1CC. The van der Waals surface area contributed by atoms with Crippen molar-refractivity contribution in [3.05, 3.63) is 77.9 Å². The molecule has 2 aromatic carbocycles. The van der Waals surface area contributed by atoms with Crippen molar-refractivity contribution in [2.75, 3.05) is 19.5 Å².